The molecule has 50 heavy (non-hydrogen) atoms. The lowest BCUT2D eigenvalue weighted by Gasteiger charge is -2.20. The second-order valence-corrected chi connectivity index (χ2v) is 11.5. The van der Waals surface area contributed by atoms with Gasteiger partial charge >= 0.3 is 12.1 Å². The zero-order valence-corrected chi connectivity index (χ0v) is 27.9. The zero-order chi connectivity index (χ0) is 36.5. The Hall–Kier alpha value is -6.34. The third kappa shape index (κ3) is 9.17. The van der Waals surface area contributed by atoms with Crippen LogP contribution in [0.4, 0.5) is 16.2 Å². The van der Waals surface area contributed by atoms with Gasteiger partial charge in [-0.3, -0.25) is 24.4 Å². The molecule has 0 saturated carbocycles. The Bertz CT molecular complexity index is 1960. The first kappa shape index (κ1) is 36.5. The van der Waals surface area contributed by atoms with Gasteiger partial charge in [-0.1, -0.05) is 48.5 Å². The number of nitrogens with one attached hydrogen (secondary N) is 1. The van der Waals surface area contributed by atoms with Crippen LogP contribution in [0.25, 0.3) is 0 Å². The van der Waals surface area contributed by atoms with Gasteiger partial charge in [0.25, 0.3) is 11.8 Å². The van der Waals surface area contributed by atoms with Crippen LogP contribution in [-0.2, 0) is 29.2 Å². The Kier molecular flexibility index (Phi) is 11.8. The number of carboxylic acids is 1. The topological polar surface area (TPSA) is 174 Å². The lowest BCUT2D eigenvalue weighted by molar-refractivity contribution is -0.128. The molecule has 0 spiro atoms. The van der Waals surface area contributed by atoms with Crippen LogP contribution in [0.2, 0.25) is 0 Å². The maximum Gasteiger partial charge on any atom is 0.410 e. The normalized spacial score (nSPS) is 10.5. The van der Waals surface area contributed by atoms with Gasteiger partial charge in [0, 0.05) is 45.4 Å². The maximum absolute atomic E-state index is 13.2. The Morgan fingerprint density at radius 2 is 1.32 bits per heavy atom. The van der Waals surface area contributed by atoms with Crippen molar-refractivity contribution in [1.82, 2.24) is 9.80 Å². The number of rotatable bonds is 12. The molecule has 0 fully saturated rings. The highest BCUT2D eigenvalue weighted by molar-refractivity contribution is 6.12. The quantitative estimate of drug-likeness (QED) is 0.0975. The smallest absolute Gasteiger partial charge is 0.410 e. The fourth-order valence-corrected chi connectivity index (χ4v) is 4.97. The first-order valence-electron chi connectivity index (χ1n) is 15.3. The molecule has 4 aromatic rings. The van der Waals surface area contributed by atoms with E-state index in [0.29, 0.717) is 28.4 Å². The van der Waals surface area contributed by atoms with E-state index in [2.05, 4.69) is 5.32 Å². The third-order valence-electron chi connectivity index (χ3n) is 7.68. The van der Waals surface area contributed by atoms with Crippen LogP contribution in [0.15, 0.2) is 91.0 Å². The number of carbonyl (C=O) groups is 6. The summed E-state index contributed by atoms with van der Waals surface area (Å²) in [6, 6.07) is 23.2. The number of nitrogens with zero attached hydrogens (tertiary/aromatic N) is 3. The van der Waals surface area contributed by atoms with Gasteiger partial charge in [-0.15, -0.1) is 0 Å². The van der Waals surface area contributed by atoms with Gasteiger partial charge in [0.1, 0.15) is 6.61 Å². The summed E-state index contributed by atoms with van der Waals surface area (Å²) in [5, 5.41) is 23.5. The second-order valence-electron chi connectivity index (χ2n) is 11.5. The van der Waals surface area contributed by atoms with E-state index in [9.17, 15) is 39.1 Å². The minimum absolute atomic E-state index is 0.0333. The van der Waals surface area contributed by atoms with Crippen LogP contribution in [0.5, 0.6) is 0 Å². The van der Waals surface area contributed by atoms with Crippen LogP contribution in [0.1, 0.15) is 72.0 Å². The van der Waals surface area contributed by atoms with Crippen molar-refractivity contribution in [3.8, 4) is 0 Å². The maximum atomic E-state index is 13.2. The summed E-state index contributed by atoms with van der Waals surface area (Å²) < 4.78 is 5.43. The minimum atomic E-state index is -1.32. The van der Waals surface area contributed by atoms with Crippen molar-refractivity contribution < 1.29 is 43.8 Å². The van der Waals surface area contributed by atoms with Crippen LogP contribution in [0, 0.1) is 0 Å². The third-order valence-corrected chi connectivity index (χ3v) is 7.68. The average molecular weight is 681 g/mol. The molecule has 0 aliphatic heterocycles. The van der Waals surface area contributed by atoms with Gasteiger partial charge in [0.15, 0.2) is 5.78 Å². The Morgan fingerprint density at radius 1 is 0.680 bits per heavy atom. The standard InChI is InChI=1S/C37H36N4O9/c1-23(42)30-13-5-6-14-31(30)35(45)41(49)29-12-8-10-26(18-29)21-40(4)37(48)50-22-27-15-16-32(36(46)47)33(19-27)34(44)38-28-11-7-9-25(17-28)20-39(3)24(2)43/h5-19,49H,20-22H2,1-4H3,(H,38,44)(H,46,47). The number of carbonyl (C=O) groups excluding carboxylic acids is 5. The predicted octanol–water partition coefficient (Wildman–Crippen LogP) is 5.62. The summed E-state index contributed by atoms with van der Waals surface area (Å²) in [4.78, 5) is 77.3. The molecule has 4 rings (SSSR count). The molecule has 0 radical (unpaired) electrons. The van der Waals surface area contributed by atoms with E-state index in [0.717, 1.165) is 5.56 Å². The summed E-state index contributed by atoms with van der Waals surface area (Å²) in [5.74, 6) is -3.26. The SMILES string of the molecule is CC(=O)c1ccccc1C(=O)N(O)c1cccc(CN(C)C(=O)OCc2ccc(C(=O)O)c(C(=O)Nc3cccc(CN(C)C(C)=O)c3)c2)c1. The molecule has 0 heterocycles. The Balaban J connectivity index is 1.41. The van der Waals surface area contributed by atoms with Gasteiger partial charge in [-0.25, -0.2) is 9.59 Å². The van der Waals surface area contributed by atoms with E-state index in [4.69, 9.17) is 4.74 Å². The van der Waals surface area contributed by atoms with Crippen LogP contribution in [-0.4, -0.2) is 69.8 Å². The predicted molar refractivity (Wildman–Crippen MR) is 183 cm³/mol. The molecular weight excluding hydrogens is 644 g/mol. The van der Waals surface area contributed by atoms with Gasteiger partial charge in [-0.2, -0.15) is 5.06 Å². The van der Waals surface area contributed by atoms with Crippen molar-refractivity contribution >= 4 is 46.9 Å². The molecule has 0 aliphatic rings. The number of hydroxylamine groups is 1. The van der Waals surface area contributed by atoms with E-state index in [1.54, 1.807) is 55.6 Å². The van der Waals surface area contributed by atoms with E-state index in [1.807, 2.05) is 0 Å². The number of anilines is 2. The largest absolute Gasteiger partial charge is 0.478 e. The van der Waals surface area contributed by atoms with E-state index in [1.165, 1.54) is 73.2 Å². The first-order chi connectivity index (χ1) is 23.7. The number of amides is 4. The van der Waals surface area contributed by atoms with Crippen molar-refractivity contribution in [3.63, 3.8) is 0 Å². The molecule has 258 valence electrons. The number of hydrogen-bond donors (Lipinski definition) is 3. The van der Waals surface area contributed by atoms with Crippen molar-refractivity contribution in [2.24, 2.45) is 0 Å². The molecule has 0 aromatic heterocycles. The monoisotopic (exact) mass is 680 g/mol. The molecule has 4 aromatic carbocycles. The number of aromatic carboxylic acids is 1. The molecule has 13 heteroatoms. The fourth-order valence-electron chi connectivity index (χ4n) is 4.97. The minimum Gasteiger partial charge on any atom is -0.478 e. The molecule has 0 atom stereocenters. The zero-order valence-electron chi connectivity index (χ0n) is 27.9. The molecule has 0 unspecified atom stereocenters. The fraction of sp³-hybridized carbons (Fsp3) is 0.189. The second kappa shape index (κ2) is 16.2. The summed E-state index contributed by atoms with van der Waals surface area (Å²) in [7, 11) is 3.13. The highest BCUT2D eigenvalue weighted by atomic mass is 16.6. The summed E-state index contributed by atoms with van der Waals surface area (Å²) in [6.45, 7) is 2.84. The van der Waals surface area contributed by atoms with Gasteiger partial charge < -0.3 is 25.0 Å². The molecule has 4 amide bonds. The summed E-state index contributed by atoms with van der Waals surface area (Å²) in [6.07, 6.45) is -0.733. The molecule has 13 nitrogen and oxygen atoms in total. The lowest BCUT2D eigenvalue weighted by atomic mass is 10.0. The van der Waals surface area contributed by atoms with E-state index >= 15 is 0 Å². The van der Waals surface area contributed by atoms with E-state index in [-0.39, 0.29) is 52.8 Å². The first-order valence-corrected chi connectivity index (χ1v) is 15.3. The molecule has 0 saturated heterocycles. The molecular formula is C37H36N4O9. The Labute approximate surface area is 288 Å². The number of ketones is 1. The molecule has 0 aliphatic carbocycles. The van der Waals surface area contributed by atoms with Gasteiger partial charge in [0.05, 0.1) is 22.4 Å². The highest BCUT2D eigenvalue weighted by Gasteiger charge is 2.22. The van der Waals surface area contributed by atoms with E-state index < -0.39 is 23.9 Å². The van der Waals surface area contributed by atoms with Gasteiger partial charge in [-0.05, 0) is 66.1 Å². The average Bonchev–Trinajstić information content (AvgIpc) is 3.09. The highest BCUT2D eigenvalue weighted by Crippen LogP contribution is 2.22. The van der Waals surface area contributed by atoms with Gasteiger partial charge in [0.2, 0.25) is 5.91 Å². The number of benzene rings is 4. The molecule has 3 N–H and O–H groups in total. The van der Waals surface area contributed by atoms with Crippen molar-refractivity contribution in [2.45, 2.75) is 33.5 Å². The number of ether oxygens (including phenoxy) is 1. The summed E-state index contributed by atoms with van der Waals surface area (Å²) in [5.41, 5.74) is 2.00. The Morgan fingerprint density at radius 3 is 1.98 bits per heavy atom. The van der Waals surface area contributed by atoms with Crippen LogP contribution in [0.3, 0.4) is 0 Å². The molecule has 0 bridgehead atoms. The van der Waals surface area contributed by atoms with Crippen molar-refractivity contribution in [3.05, 3.63) is 130 Å². The number of carboxylic acid groups (broad SMARTS) is 1. The van der Waals surface area contributed by atoms with Crippen LogP contribution < -0.4 is 10.4 Å². The van der Waals surface area contributed by atoms with Crippen LogP contribution >= 0.6 is 0 Å². The summed E-state index contributed by atoms with van der Waals surface area (Å²) >= 11 is 0. The van der Waals surface area contributed by atoms with Crippen molar-refractivity contribution in [1.29, 1.82) is 0 Å². The number of hydrogen-bond acceptors (Lipinski definition) is 8. The lowest BCUT2D eigenvalue weighted by Crippen LogP contribution is -2.29. The number of Topliss-reactive ketones (excluding diaryl/α,β-unsaturated/α-hetero) is 1. The van der Waals surface area contributed by atoms with Crippen molar-refractivity contribution in [2.75, 3.05) is 24.5 Å².